The molecule has 1 atom stereocenters. The van der Waals surface area contributed by atoms with E-state index in [-0.39, 0.29) is 23.5 Å². The molecular weight excluding hydrogens is 383 g/mol. The molecule has 0 spiro atoms. The van der Waals surface area contributed by atoms with Crippen molar-refractivity contribution < 1.29 is 14.0 Å². The Kier molecular flexibility index (Phi) is 6.67. The van der Waals surface area contributed by atoms with Gasteiger partial charge in [-0.1, -0.05) is 12.5 Å². The van der Waals surface area contributed by atoms with Crippen molar-refractivity contribution in [2.75, 3.05) is 25.0 Å². The van der Waals surface area contributed by atoms with Crippen molar-refractivity contribution in [1.29, 1.82) is 0 Å². The Morgan fingerprint density at radius 1 is 1.13 bits per heavy atom. The van der Waals surface area contributed by atoms with Crippen LogP contribution in [0.4, 0.5) is 10.1 Å². The number of nitrogens with one attached hydrogen (secondary N) is 1. The number of rotatable bonds is 6. The van der Waals surface area contributed by atoms with E-state index in [4.69, 9.17) is 0 Å². The summed E-state index contributed by atoms with van der Waals surface area (Å²) in [6.45, 7) is 2.78. The third-order valence-corrected chi connectivity index (χ3v) is 6.30. The van der Waals surface area contributed by atoms with Gasteiger partial charge in [-0.25, -0.2) is 4.39 Å². The van der Waals surface area contributed by atoms with Gasteiger partial charge in [0.1, 0.15) is 5.82 Å². The lowest BCUT2D eigenvalue weighted by molar-refractivity contribution is -0.117. The number of carbonyl (C=O) groups is 2. The molecule has 1 unspecified atom stereocenters. The van der Waals surface area contributed by atoms with Crippen molar-refractivity contribution in [3.8, 4) is 0 Å². The number of amides is 2. The van der Waals surface area contributed by atoms with Gasteiger partial charge >= 0.3 is 0 Å². The van der Waals surface area contributed by atoms with Crippen molar-refractivity contribution in [2.45, 2.75) is 63.8 Å². The normalized spacial score (nSPS) is 22.2. The second-order valence-electron chi connectivity index (χ2n) is 8.47. The molecular formula is C23H29FN4O2. The first-order chi connectivity index (χ1) is 14.6. The minimum absolute atomic E-state index is 0.170. The van der Waals surface area contributed by atoms with Crippen LogP contribution in [-0.2, 0) is 16.0 Å². The number of azo groups is 1. The molecule has 0 radical (unpaired) electrons. The Morgan fingerprint density at radius 2 is 1.93 bits per heavy atom. The molecule has 30 heavy (non-hydrogen) atoms. The van der Waals surface area contributed by atoms with Crippen LogP contribution in [0.5, 0.6) is 0 Å². The van der Waals surface area contributed by atoms with Gasteiger partial charge in [0.05, 0.1) is 11.7 Å². The first-order valence-corrected chi connectivity index (χ1v) is 11.1. The van der Waals surface area contributed by atoms with E-state index in [9.17, 15) is 14.0 Å². The summed E-state index contributed by atoms with van der Waals surface area (Å²) < 4.78 is 14.3. The highest BCUT2D eigenvalue weighted by Crippen LogP contribution is 2.34. The maximum absolute atomic E-state index is 14.3. The molecule has 160 valence electrons. The molecule has 1 aliphatic carbocycles. The van der Waals surface area contributed by atoms with E-state index in [1.54, 1.807) is 12.1 Å². The number of hydrogen-bond acceptors (Lipinski definition) is 4. The Balaban J connectivity index is 1.39. The van der Waals surface area contributed by atoms with E-state index in [2.05, 4.69) is 20.4 Å². The highest BCUT2D eigenvalue weighted by atomic mass is 19.1. The van der Waals surface area contributed by atoms with Gasteiger partial charge < -0.3 is 10.2 Å². The molecule has 2 aliphatic heterocycles. The van der Waals surface area contributed by atoms with Crippen molar-refractivity contribution in [3.05, 3.63) is 40.7 Å². The molecule has 1 aromatic carbocycles. The molecule has 2 heterocycles. The zero-order valence-corrected chi connectivity index (χ0v) is 17.3. The maximum atomic E-state index is 14.3. The largest absolute Gasteiger partial charge is 0.324 e. The van der Waals surface area contributed by atoms with E-state index in [1.807, 2.05) is 0 Å². The fraction of sp³-hybridized carbons (Fsp3) is 0.565. The van der Waals surface area contributed by atoms with Gasteiger partial charge in [-0.15, -0.1) is 5.11 Å². The summed E-state index contributed by atoms with van der Waals surface area (Å²) in [6, 6.07) is 4.61. The molecule has 1 aromatic rings. The monoisotopic (exact) mass is 412 g/mol. The van der Waals surface area contributed by atoms with Crippen molar-refractivity contribution in [3.63, 3.8) is 0 Å². The van der Waals surface area contributed by atoms with Crippen LogP contribution in [0.25, 0.3) is 0 Å². The number of hydrogen-bond donors (Lipinski definition) is 1. The van der Waals surface area contributed by atoms with Crippen LogP contribution >= 0.6 is 0 Å². The maximum Gasteiger partial charge on any atom is 0.291 e. The molecule has 3 aliphatic rings. The summed E-state index contributed by atoms with van der Waals surface area (Å²) in [4.78, 5) is 26.6. The summed E-state index contributed by atoms with van der Waals surface area (Å²) in [5.41, 5.74) is 2.98. The third-order valence-electron chi connectivity index (χ3n) is 6.30. The second-order valence-corrected chi connectivity index (χ2v) is 8.47. The Hall–Kier alpha value is -2.41. The predicted molar refractivity (Wildman–Crippen MR) is 113 cm³/mol. The zero-order valence-electron chi connectivity index (χ0n) is 17.3. The van der Waals surface area contributed by atoms with Crippen LogP contribution < -0.4 is 5.32 Å². The predicted octanol–water partition coefficient (Wildman–Crippen LogP) is 4.41. The van der Waals surface area contributed by atoms with Crippen LogP contribution in [0.3, 0.4) is 0 Å². The van der Waals surface area contributed by atoms with Gasteiger partial charge in [-0.2, -0.15) is 5.11 Å². The van der Waals surface area contributed by atoms with E-state index in [0.717, 1.165) is 55.5 Å². The number of likely N-dealkylation sites (tertiary alicyclic amines) is 1. The summed E-state index contributed by atoms with van der Waals surface area (Å²) in [6.07, 6.45) is 8.23. The molecule has 6 nitrogen and oxygen atoms in total. The van der Waals surface area contributed by atoms with Crippen molar-refractivity contribution in [2.24, 2.45) is 10.2 Å². The molecule has 0 saturated carbocycles. The molecule has 7 heteroatoms. The topological polar surface area (TPSA) is 74.1 Å². The van der Waals surface area contributed by atoms with Gasteiger partial charge in [-0.3, -0.25) is 9.59 Å². The number of piperidine rings is 1. The first kappa shape index (κ1) is 20.8. The average Bonchev–Trinajstić information content (AvgIpc) is 2.77. The van der Waals surface area contributed by atoms with Gasteiger partial charge in [0.2, 0.25) is 5.91 Å². The lowest BCUT2D eigenvalue weighted by Gasteiger charge is -2.26. The Bertz CT molecular complexity index is 874. The van der Waals surface area contributed by atoms with Crippen LogP contribution in [0.1, 0.15) is 56.9 Å². The van der Waals surface area contributed by atoms with E-state index >= 15 is 0 Å². The average molecular weight is 413 g/mol. The first-order valence-electron chi connectivity index (χ1n) is 11.1. The molecule has 0 aromatic heterocycles. The molecule has 4 rings (SSSR count). The summed E-state index contributed by atoms with van der Waals surface area (Å²) in [5.74, 6) is -0.818. The van der Waals surface area contributed by atoms with Crippen LogP contribution in [0.15, 0.2) is 39.6 Å². The second kappa shape index (κ2) is 9.60. The molecule has 1 fully saturated rings. The quantitative estimate of drug-likeness (QED) is 0.752. The lowest BCUT2D eigenvalue weighted by Crippen LogP contribution is -2.32. The minimum atomic E-state index is -0.442. The van der Waals surface area contributed by atoms with Gasteiger partial charge in [0.25, 0.3) is 5.91 Å². The third kappa shape index (κ3) is 5.01. The SMILES string of the molecule is O=C(CCN1CCCCC1)Nc1cc(CC2N=NC(=O)C3=C2CCCC3)ccc1F. The number of nitrogens with zero attached hydrogens (tertiary/aromatic N) is 3. The fourth-order valence-electron chi connectivity index (χ4n) is 4.63. The molecule has 1 N–H and O–H groups in total. The number of carbonyl (C=O) groups excluding carboxylic acids is 2. The molecule has 2 amide bonds. The van der Waals surface area contributed by atoms with Gasteiger partial charge in [0.15, 0.2) is 0 Å². The lowest BCUT2D eigenvalue weighted by atomic mass is 9.84. The standard InChI is InChI=1S/C23H29FN4O2/c24-19-9-8-16(14-20-17-6-2-3-7-18(17)23(30)27-26-20)15-21(19)25-22(29)10-13-28-11-4-1-5-12-28/h8-9,15,20H,1-7,10-14H2,(H,25,29). The van der Waals surface area contributed by atoms with Gasteiger partial charge in [-0.05, 0) is 74.9 Å². The Morgan fingerprint density at radius 3 is 2.77 bits per heavy atom. The zero-order chi connectivity index (χ0) is 20.9. The summed E-state index contributed by atoms with van der Waals surface area (Å²) >= 11 is 0. The van der Waals surface area contributed by atoms with Crippen LogP contribution in [-0.4, -0.2) is 42.4 Å². The Labute approximate surface area is 176 Å². The minimum Gasteiger partial charge on any atom is -0.324 e. The van der Waals surface area contributed by atoms with E-state index in [1.165, 1.54) is 25.3 Å². The van der Waals surface area contributed by atoms with Crippen molar-refractivity contribution in [1.82, 2.24) is 4.90 Å². The highest BCUT2D eigenvalue weighted by molar-refractivity contribution is 5.95. The van der Waals surface area contributed by atoms with Gasteiger partial charge in [0, 0.05) is 25.0 Å². The van der Waals surface area contributed by atoms with Crippen LogP contribution in [0.2, 0.25) is 0 Å². The van der Waals surface area contributed by atoms with E-state index in [0.29, 0.717) is 19.4 Å². The summed E-state index contributed by atoms with van der Waals surface area (Å²) in [5, 5.41) is 10.8. The van der Waals surface area contributed by atoms with E-state index < -0.39 is 5.82 Å². The van der Waals surface area contributed by atoms with Crippen LogP contribution in [0, 0.1) is 5.82 Å². The molecule has 1 saturated heterocycles. The number of anilines is 1. The highest BCUT2D eigenvalue weighted by Gasteiger charge is 2.29. The number of halogens is 1. The molecule has 0 bridgehead atoms. The number of benzene rings is 1. The fourth-order valence-corrected chi connectivity index (χ4v) is 4.63. The smallest absolute Gasteiger partial charge is 0.291 e. The van der Waals surface area contributed by atoms with Crippen molar-refractivity contribution >= 4 is 17.5 Å². The summed E-state index contributed by atoms with van der Waals surface area (Å²) in [7, 11) is 0.